The van der Waals surface area contributed by atoms with E-state index in [1.165, 1.54) is 6.07 Å². The molecule has 0 amide bonds. The van der Waals surface area contributed by atoms with Crippen LogP contribution in [0.25, 0.3) is 0 Å². The minimum Gasteiger partial charge on any atom is -0.493 e. The number of ether oxygens (including phenoxy) is 2. The van der Waals surface area contributed by atoms with Gasteiger partial charge in [0.25, 0.3) is 5.69 Å². The maximum absolute atomic E-state index is 11.0. The number of nitrogens with zero attached hydrogens (tertiary/aromatic N) is 3. The summed E-state index contributed by atoms with van der Waals surface area (Å²) in [5.41, 5.74) is 2.55. The van der Waals surface area contributed by atoms with Gasteiger partial charge in [0.15, 0.2) is 11.5 Å². The van der Waals surface area contributed by atoms with Gasteiger partial charge in [0.05, 0.1) is 25.2 Å². The predicted octanol–water partition coefficient (Wildman–Crippen LogP) is 4.75. The molecular formula is C18H18ClN3O4. The predicted molar refractivity (Wildman–Crippen MR) is 97.5 cm³/mol. The van der Waals surface area contributed by atoms with Crippen molar-refractivity contribution in [2.75, 3.05) is 14.2 Å². The molecule has 2 aromatic carbocycles. The van der Waals surface area contributed by atoms with Gasteiger partial charge >= 0.3 is 0 Å². The van der Waals surface area contributed by atoms with Crippen LogP contribution >= 0.6 is 11.6 Å². The van der Waals surface area contributed by atoms with Crippen molar-refractivity contribution in [1.29, 1.82) is 0 Å². The van der Waals surface area contributed by atoms with Crippen molar-refractivity contribution < 1.29 is 14.4 Å². The van der Waals surface area contributed by atoms with E-state index in [2.05, 4.69) is 10.2 Å². The van der Waals surface area contributed by atoms with Gasteiger partial charge in [0.1, 0.15) is 11.1 Å². The number of halogens is 1. The molecule has 0 aromatic heterocycles. The minimum atomic E-state index is -0.509. The molecular weight excluding hydrogens is 358 g/mol. The smallest absolute Gasteiger partial charge is 0.287 e. The van der Waals surface area contributed by atoms with E-state index in [0.29, 0.717) is 17.9 Å². The van der Waals surface area contributed by atoms with Gasteiger partial charge < -0.3 is 9.47 Å². The van der Waals surface area contributed by atoms with Crippen LogP contribution in [-0.4, -0.2) is 25.2 Å². The Labute approximate surface area is 155 Å². The highest BCUT2D eigenvalue weighted by atomic mass is 35.5. The molecule has 26 heavy (non-hydrogen) atoms. The van der Waals surface area contributed by atoms with Crippen molar-refractivity contribution in [3.05, 3.63) is 62.2 Å². The lowest BCUT2D eigenvalue weighted by molar-refractivity contribution is -0.384. The Hall–Kier alpha value is -2.67. The summed E-state index contributed by atoms with van der Waals surface area (Å²) in [4.78, 5) is 10.5. The standard InChI is InChI=1S/C18H18ClN3O4/c1-10-6-12-8-16(25-2)17(26-3)9-13(12)18(21-20-10)11-4-5-15(22(23)24)14(19)7-11/h4-5,7-10,18H,6H2,1-3H3/t10-,18?/m1/s1. The van der Waals surface area contributed by atoms with Crippen LogP contribution in [0.3, 0.4) is 0 Å². The summed E-state index contributed by atoms with van der Waals surface area (Å²) in [6.45, 7) is 1.98. The molecule has 136 valence electrons. The number of hydrogen-bond acceptors (Lipinski definition) is 6. The summed E-state index contributed by atoms with van der Waals surface area (Å²) in [6, 6.07) is 8.01. The molecule has 0 aliphatic carbocycles. The molecule has 1 aliphatic heterocycles. The fourth-order valence-electron chi connectivity index (χ4n) is 3.06. The Morgan fingerprint density at radius 3 is 2.46 bits per heavy atom. The zero-order valence-electron chi connectivity index (χ0n) is 14.6. The van der Waals surface area contributed by atoms with Crippen LogP contribution in [-0.2, 0) is 6.42 Å². The lowest BCUT2D eigenvalue weighted by Gasteiger charge is -2.18. The molecule has 2 atom stereocenters. The van der Waals surface area contributed by atoms with E-state index in [1.54, 1.807) is 26.4 Å². The third-order valence-electron chi connectivity index (χ3n) is 4.32. The second kappa shape index (κ2) is 7.29. The van der Waals surface area contributed by atoms with Gasteiger partial charge in [-0.25, -0.2) is 0 Å². The summed E-state index contributed by atoms with van der Waals surface area (Å²) in [5.74, 6) is 1.23. The summed E-state index contributed by atoms with van der Waals surface area (Å²) >= 11 is 6.09. The molecule has 0 bridgehead atoms. The van der Waals surface area contributed by atoms with Crippen LogP contribution in [0.1, 0.15) is 29.7 Å². The molecule has 8 heteroatoms. The van der Waals surface area contributed by atoms with E-state index in [9.17, 15) is 10.1 Å². The van der Waals surface area contributed by atoms with E-state index in [-0.39, 0.29) is 16.8 Å². The van der Waals surface area contributed by atoms with Gasteiger partial charge in [-0.1, -0.05) is 11.6 Å². The Morgan fingerprint density at radius 2 is 1.85 bits per heavy atom. The number of rotatable bonds is 4. The first-order valence-electron chi connectivity index (χ1n) is 8.03. The van der Waals surface area contributed by atoms with Crippen LogP contribution in [0, 0.1) is 10.1 Å². The molecule has 0 radical (unpaired) electrons. The molecule has 0 saturated carbocycles. The Kier molecular flexibility index (Phi) is 5.08. The number of hydrogen-bond donors (Lipinski definition) is 0. The van der Waals surface area contributed by atoms with Crippen LogP contribution in [0.15, 0.2) is 40.6 Å². The highest BCUT2D eigenvalue weighted by Crippen LogP contribution is 2.40. The quantitative estimate of drug-likeness (QED) is 0.569. The largest absolute Gasteiger partial charge is 0.493 e. The molecule has 7 nitrogen and oxygen atoms in total. The minimum absolute atomic E-state index is 0.00497. The van der Waals surface area contributed by atoms with Crippen molar-refractivity contribution in [3.8, 4) is 11.5 Å². The second-order valence-electron chi connectivity index (χ2n) is 6.06. The first kappa shape index (κ1) is 18.1. The first-order chi connectivity index (χ1) is 12.4. The normalized spacial score (nSPS) is 18.8. The maximum atomic E-state index is 11.0. The number of azo groups is 1. The number of methoxy groups -OCH3 is 2. The van der Waals surface area contributed by atoms with Crippen LogP contribution in [0.4, 0.5) is 5.69 Å². The number of benzene rings is 2. The number of nitro benzene ring substituents is 1. The van der Waals surface area contributed by atoms with E-state index in [0.717, 1.165) is 16.7 Å². The highest BCUT2D eigenvalue weighted by Gasteiger charge is 2.26. The van der Waals surface area contributed by atoms with Crippen LogP contribution in [0.2, 0.25) is 5.02 Å². The van der Waals surface area contributed by atoms with Crippen molar-refractivity contribution in [2.24, 2.45) is 10.2 Å². The third-order valence-corrected chi connectivity index (χ3v) is 4.62. The summed E-state index contributed by atoms with van der Waals surface area (Å²) in [7, 11) is 3.16. The lowest BCUT2D eigenvalue weighted by Crippen LogP contribution is -2.06. The zero-order valence-corrected chi connectivity index (χ0v) is 15.4. The first-order valence-corrected chi connectivity index (χ1v) is 8.41. The van der Waals surface area contributed by atoms with Gasteiger partial charge in [0, 0.05) is 6.07 Å². The topological polar surface area (TPSA) is 86.3 Å². The maximum Gasteiger partial charge on any atom is 0.287 e. The van der Waals surface area contributed by atoms with Crippen molar-refractivity contribution >= 4 is 17.3 Å². The average Bonchev–Trinajstić information content (AvgIpc) is 2.77. The van der Waals surface area contributed by atoms with Gasteiger partial charge in [-0.3, -0.25) is 10.1 Å². The molecule has 0 fully saturated rings. The molecule has 0 saturated heterocycles. The van der Waals surface area contributed by atoms with Crippen LogP contribution in [0.5, 0.6) is 11.5 Å². The van der Waals surface area contributed by atoms with Gasteiger partial charge in [-0.15, -0.1) is 0 Å². The highest BCUT2D eigenvalue weighted by molar-refractivity contribution is 6.32. The summed E-state index contributed by atoms with van der Waals surface area (Å²) in [5, 5.41) is 19.9. The fraction of sp³-hybridized carbons (Fsp3) is 0.333. The Balaban J connectivity index is 2.15. The van der Waals surface area contributed by atoms with E-state index in [4.69, 9.17) is 21.1 Å². The van der Waals surface area contributed by atoms with Crippen molar-refractivity contribution in [1.82, 2.24) is 0 Å². The summed E-state index contributed by atoms with van der Waals surface area (Å²) < 4.78 is 10.8. The van der Waals surface area contributed by atoms with Crippen molar-refractivity contribution in [3.63, 3.8) is 0 Å². The van der Waals surface area contributed by atoms with E-state index >= 15 is 0 Å². The Morgan fingerprint density at radius 1 is 1.15 bits per heavy atom. The van der Waals surface area contributed by atoms with Gasteiger partial charge in [0.2, 0.25) is 0 Å². The molecule has 1 aliphatic rings. The van der Waals surface area contributed by atoms with Gasteiger partial charge in [-0.05, 0) is 54.3 Å². The fourth-order valence-corrected chi connectivity index (χ4v) is 3.32. The molecule has 2 aromatic rings. The van der Waals surface area contributed by atoms with Crippen LogP contribution < -0.4 is 9.47 Å². The molecule has 3 rings (SSSR count). The number of nitro groups is 1. The lowest BCUT2D eigenvalue weighted by atomic mass is 9.92. The number of fused-ring (bicyclic) bond motifs is 1. The van der Waals surface area contributed by atoms with Gasteiger partial charge in [-0.2, -0.15) is 10.2 Å². The molecule has 0 spiro atoms. The summed E-state index contributed by atoms with van der Waals surface area (Å²) in [6.07, 6.45) is 0.705. The zero-order chi connectivity index (χ0) is 18.8. The molecule has 0 N–H and O–H groups in total. The Bertz CT molecular complexity index is 885. The second-order valence-corrected chi connectivity index (χ2v) is 6.47. The van der Waals surface area contributed by atoms with E-state index in [1.807, 2.05) is 19.1 Å². The molecule has 1 unspecified atom stereocenters. The SMILES string of the molecule is COc1cc2c(cc1OC)C(c1ccc([N+](=O)[O-])c(Cl)c1)N=N[C@H](C)C2. The average molecular weight is 376 g/mol. The molecule has 1 heterocycles. The van der Waals surface area contributed by atoms with E-state index < -0.39 is 11.0 Å². The van der Waals surface area contributed by atoms with Crippen molar-refractivity contribution in [2.45, 2.75) is 25.4 Å². The monoisotopic (exact) mass is 375 g/mol. The third kappa shape index (κ3) is 3.35.